The van der Waals surface area contributed by atoms with E-state index in [4.69, 9.17) is 0 Å². The molecule has 3 rings (SSSR count). The van der Waals surface area contributed by atoms with Crippen LogP contribution < -0.4 is 5.32 Å². The molecule has 1 aromatic carbocycles. The van der Waals surface area contributed by atoms with Crippen LogP contribution in [0.2, 0.25) is 0 Å². The van der Waals surface area contributed by atoms with Crippen LogP contribution in [0.25, 0.3) is 0 Å². The Morgan fingerprint density at radius 2 is 2.05 bits per heavy atom. The van der Waals surface area contributed by atoms with E-state index in [-0.39, 0.29) is 0 Å². The maximum atomic E-state index is 4.56. The summed E-state index contributed by atoms with van der Waals surface area (Å²) in [5.41, 5.74) is 4.01. The first-order chi connectivity index (χ1) is 9.65. The van der Waals surface area contributed by atoms with Gasteiger partial charge in [-0.2, -0.15) is 5.10 Å². The minimum absolute atomic E-state index is 0.483. The summed E-state index contributed by atoms with van der Waals surface area (Å²) in [4.78, 5) is 0. The molecule has 3 heteroatoms. The molecule has 1 saturated carbocycles. The van der Waals surface area contributed by atoms with E-state index >= 15 is 0 Å². The summed E-state index contributed by atoms with van der Waals surface area (Å²) >= 11 is 0. The van der Waals surface area contributed by atoms with Crippen LogP contribution >= 0.6 is 0 Å². The zero-order chi connectivity index (χ0) is 14.1. The van der Waals surface area contributed by atoms with Crippen LogP contribution in [0, 0.1) is 0 Å². The van der Waals surface area contributed by atoms with Crippen molar-refractivity contribution in [1.82, 2.24) is 15.1 Å². The van der Waals surface area contributed by atoms with Gasteiger partial charge in [-0.3, -0.25) is 4.68 Å². The third-order valence-electron chi connectivity index (χ3n) is 4.06. The molecular weight excluding hydrogens is 246 g/mol. The maximum absolute atomic E-state index is 4.56. The molecule has 1 aromatic heterocycles. The highest BCUT2D eigenvalue weighted by Crippen LogP contribution is 2.40. The number of nitrogens with one attached hydrogen (secondary N) is 1. The van der Waals surface area contributed by atoms with E-state index in [2.05, 4.69) is 60.8 Å². The Kier molecular flexibility index (Phi) is 3.62. The normalized spacial score (nSPS) is 21.4. The summed E-state index contributed by atoms with van der Waals surface area (Å²) in [6.45, 7) is 5.33. The van der Waals surface area contributed by atoms with Crippen LogP contribution in [0.5, 0.6) is 0 Å². The predicted molar refractivity (Wildman–Crippen MR) is 81.7 cm³/mol. The molecular formula is C17H23N3. The Bertz CT molecular complexity index is 571. The number of hydrogen-bond donors (Lipinski definition) is 1. The molecule has 2 aromatic rings. The van der Waals surface area contributed by atoms with E-state index in [9.17, 15) is 0 Å². The zero-order valence-electron chi connectivity index (χ0n) is 12.5. The van der Waals surface area contributed by atoms with Gasteiger partial charge in [-0.05, 0) is 17.9 Å². The SMILES string of the molecule is CC(C)c1nn(C)cc1CNC1CC1c1ccccc1. The van der Waals surface area contributed by atoms with Crippen molar-refractivity contribution < 1.29 is 0 Å². The van der Waals surface area contributed by atoms with Crippen LogP contribution in [-0.4, -0.2) is 15.8 Å². The van der Waals surface area contributed by atoms with Crippen molar-refractivity contribution in [3.8, 4) is 0 Å². The Morgan fingerprint density at radius 1 is 1.30 bits per heavy atom. The van der Waals surface area contributed by atoms with Gasteiger partial charge in [-0.15, -0.1) is 0 Å². The minimum Gasteiger partial charge on any atom is -0.309 e. The van der Waals surface area contributed by atoms with Gasteiger partial charge in [0.05, 0.1) is 5.69 Å². The number of nitrogens with zero attached hydrogens (tertiary/aromatic N) is 2. The van der Waals surface area contributed by atoms with Gasteiger partial charge in [0.2, 0.25) is 0 Å². The Labute approximate surface area is 121 Å². The van der Waals surface area contributed by atoms with E-state index in [0.29, 0.717) is 17.9 Å². The van der Waals surface area contributed by atoms with Crippen molar-refractivity contribution >= 4 is 0 Å². The van der Waals surface area contributed by atoms with Gasteiger partial charge < -0.3 is 5.32 Å². The lowest BCUT2D eigenvalue weighted by molar-refractivity contribution is 0.661. The van der Waals surface area contributed by atoms with Gasteiger partial charge in [0, 0.05) is 37.3 Å². The lowest BCUT2D eigenvalue weighted by Gasteiger charge is -2.07. The molecule has 0 bridgehead atoms. The Hall–Kier alpha value is -1.61. The lowest BCUT2D eigenvalue weighted by Crippen LogP contribution is -2.18. The van der Waals surface area contributed by atoms with Crippen LogP contribution in [-0.2, 0) is 13.6 Å². The molecule has 3 nitrogen and oxygen atoms in total. The van der Waals surface area contributed by atoms with E-state index in [1.165, 1.54) is 23.2 Å². The van der Waals surface area contributed by atoms with Gasteiger partial charge >= 0.3 is 0 Å². The third kappa shape index (κ3) is 2.78. The Morgan fingerprint density at radius 3 is 2.75 bits per heavy atom. The first-order valence-electron chi connectivity index (χ1n) is 7.46. The molecule has 0 spiro atoms. The molecule has 2 unspecified atom stereocenters. The summed E-state index contributed by atoms with van der Waals surface area (Å²) < 4.78 is 1.92. The fourth-order valence-electron chi connectivity index (χ4n) is 2.91. The Balaban J connectivity index is 1.59. The largest absolute Gasteiger partial charge is 0.309 e. The monoisotopic (exact) mass is 269 g/mol. The molecule has 1 heterocycles. The molecule has 1 aliphatic rings. The van der Waals surface area contributed by atoms with Crippen LogP contribution in [0.4, 0.5) is 0 Å². The lowest BCUT2D eigenvalue weighted by atomic mass is 10.1. The van der Waals surface area contributed by atoms with E-state index in [1.54, 1.807) is 0 Å². The molecule has 0 aliphatic heterocycles. The predicted octanol–water partition coefficient (Wildman–Crippen LogP) is 3.19. The number of benzene rings is 1. The van der Waals surface area contributed by atoms with Crippen molar-refractivity contribution in [2.75, 3.05) is 0 Å². The van der Waals surface area contributed by atoms with Crippen LogP contribution in [0.1, 0.15) is 48.9 Å². The first kappa shape index (κ1) is 13.4. The second-order valence-electron chi connectivity index (χ2n) is 6.11. The summed E-state index contributed by atoms with van der Waals surface area (Å²) in [5.74, 6) is 1.17. The van der Waals surface area contributed by atoms with Gasteiger partial charge in [-0.1, -0.05) is 44.2 Å². The molecule has 1 fully saturated rings. The molecule has 0 radical (unpaired) electrons. The number of rotatable bonds is 5. The van der Waals surface area contributed by atoms with Crippen LogP contribution in [0.15, 0.2) is 36.5 Å². The standard InChI is InChI=1S/C17H23N3/c1-12(2)17-14(11-20(3)19-17)10-18-16-9-15(16)13-7-5-4-6-8-13/h4-8,11-12,15-16,18H,9-10H2,1-3H3. The number of aryl methyl sites for hydroxylation is 1. The smallest absolute Gasteiger partial charge is 0.0694 e. The second kappa shape index (κ2) is 5.41. The van der Waals surface area contributed by atoms with Crippen molar-refractivity contribution in [2.24, 2.45) is 7.05 Å². The summed E-state index contributed by atoms with van der Waals surface area (Å²) in [7, 11) is 2.00. The number of aromatic nitrogens is 2. The second-order valence-corrected chi connectivity index (χ2v) is 6.11. The van der Waals surface area contributed by atoms with E-state index < -0.39 is 0 Å². The minimum atomic E-state index is 0.483. The zero-order valence-corrected chi connectivity index (χ0v) is 12.5. The molecule has 0 amide bonds. The van der Waals surface area contributed by atoms with Crippen molar-refractivity contribution in [1.29, 1.82) is 0 Å². The first-order valence-corrected chi connectivity index (χ1v) is 7.46. The van der Waals surface area contributed by atoms with Crippen molar-refractivity contribution in [3.05, 3.63) is 53.3 Å². The highest BCUT2D eigenvalue weighted by Gasteiger charge is 2.37. The molecule has 20 heavy (non-hydrogen) atoms. The topological polar surface area (TPSA) is 29.9 Å². The van der Waals surface area contributed by atoms with E-state index in [0.717, 1.165) is 6.54 Å². The summed E-state index contributed by atoms with van der Waals surface area (Å²) in [5, 5.41) is 8.24. The van der Waals surface area contributed by atoms with Gasteiger partial charge in [-0.25, -0.2) is 0 Å². The summed E-state index contributed by atoms with van der Waals surface area (Å²) in [6, 6.07) is 11.4. The number of hydrogen-bond acceptors (Lipinski definition) is 2. The van der Waals surface area contributed by atoms with E-state index in [1.807, 2.05) is 11.7 Å². The molecule has 2 atom stereocenters. The van der Waals surface area contributed by atoms with Crippen molar-refractivity contribution in [2.45, 2.75) is 44.7 Å². The molecule has 0 saturated heterocycles. The highest BCUT2D eigenvalue weighted by molar-refractivity contribution is 5.28. The van der Waals surface area contributed by atoms with Gasteiger partial charge in [0.25, 0.3) is 0 Å². The fourth-order valence-corrected chi connectivity index (χ4v) is 2.91. The fraction of sp³-hybridized carbons (Fsp3) is 0.471. The molecule has 1 aliphatic carbocycles. The molecule has 106 valence electrons. The highest BCUT2D eigenvalue weighted by atomic mass is 15.3. The van der Waals surface area contributed by atoms with Gasteiger partial charge in [0.1, 0.15) is 0 Å². The average molecular weight is 269 g/mol. The quantitative estimate of drug-likeness (QED) is 0.903. The molecule has 1 N–H and O–H groups in total. The van der Waals surface area contributed by atoms with Crippen molar-refractivity contribution in [3.63, 3.8) is 0 Å². The van der Waals surface area contributed by atoms with Crippen LogP contribution in [0.3, 0.4) is 0 Å². The van der Waals surface area contributed by atoms with Gasteiger partial charge in [0.15, 0.2) is 0 Å². The average Bonchev–Trinajstić information content (AvgIpc) is 3.12. The third-order valence-corrected chi connectivity index (χ3v) is 4.06. The summed E-state index contributed by atoms with van der Waals surface area (Å²) in [6.07, 6.45) is 3.39. The maximum Gasteiger partial charge on any atom is 0.0694 e.